The monoisotopic (exact) mass is 403 g/mol. The van der Waals surface area contributed by atoms with E-state index >= 15 is 0 Å². The van der Waals surface area contributed by atoms with E-state index in [0.29, 0.717) is 0 Å². The molecule has 0 bridgehead atoms. The second-order valence-electron chi connectivity index (χ2n) is 5.23. The second-order valence-corrected chi connectivity index (χ2v) is 6.49. The summed E-state index contributed by atoms with van der Waals surface area (Å²) in [6.07, 6.45) is 1.89. The lowest BCUT2D eigenvalue weighted by Gasteiger charge is -2.09. The fourth-order valence-corrected chi connectivity index (χ4v) is 3.21. The number of rotatable bonds is 4. The minimum absolute atomic E-state index is 0.188. The molecule has 0 atom stereocenters. The normalized spacial score (nSPS) is 10.6. The molecule has 121 valence electrons. The number of aromatic nitrogens is 2. The van der Waals surface area contributed by atoms with E-state index in [-0.39, 0.29) is 10.6 Å². The van der Waals surface area contributed by atoms with Crippen molar-refractivity contribution in [2.75, 3.05) is 5.32 Å². The topological polar surface area (TPSA) is 70.7 Å². The van der Waals surface area contributed by atoms with Gasteiger partial charge in [0.1, 0.15) is 5.69 Å². The van der Waals surface area contributed by atoms with Crippen molar-refractivity contribution < 1.29 is 4.79 Å². The average molecular weight is 405 g/mol. The van der Waals surface area contributed by atoms with Gasteiger partial charge in [-0.05, 0) is 46.3 Å². The molecule has 2 aromatic carbocycles. The summed E-state index contributed by atoms with van der Waals surface area (Å²) in [5.41, 5.74) is 10.8. The maximum atomic E-state index is 11.1. The Morgan fingerprint density at radius 2 is 2.00 bits per heavy atom. The molecule has 1 amide bonds. The molecule has 1 aromatic heterocycles. The highest BCUT2D eigenvalue weighted by molar-refractivity contribution is 9.10. The van der Waals surface area contributed by atoms with Crippen LogP contribution < -0.4 is 11.1 Å². The summed E-state index contributed by atoms with van der Waals surface area (Å²) >= 11 is 9.55. The molecule has 0 aliphatic carbocycles. The molecule has 2 N–H and O–H groups in total. The summed E-state index contributed by atoms with van der Waals surface area (Å²) in [6.45, 7) is 0. The zero-order chi connectivity index (χ0) is 17.3. The highest BCUT2D eigenvalue weighted by Gasteiger charge is 2.10. The third-order valence-electron chi connectivity index (χ3n) is 3.42. The van der Waals surface area contributed by atoms with Crippen molar-refractivity contribution in [1.29, 1.82) is 0 Å². The number of halogens is 2. The number of amides is 1. The van der Waals surface area contributed by atoms with Crippen molar-refractivity contribution in [2.24, 2.45) is 7.05 Å². The van der Waals surface area contributed by atoms with Gasteiger partial charge in [0.15, 0.2) is 0 Å². The number of hydrogen-bond acceptors (Lipinski definition) is 3. The zero-order valence-corrected chi connectivity index (χ0v) is 15.0. The minimum Gasteiger partial charge on any atom is -0.355 e. The first kappa shape index (κ1) is 16.5. The van der Waals surface area contributed by atoms with Gasteiger partial charge in [-0.15, -0.1) is 0 Å². The van der Waals surface area contributed by atoms with Crippen molar-refractivity contribution in [3.05, 3.63) is 63.7 Å². The van der Waals surface area contributed by atoms with Gasteiger partial charge in [0.25, 0.3) is 5.91 Å². The maximum absolute atomic E-state index is 11.1. The Balaban J connectivity index is 1.89. The van der Waals surface area contributed by atoms with Crippen molar-refractivity contribution in [2.45, 2.75) is 0 Å². The van der Waals surface area contributed by atoms with Crippen LogP contribution in [0.4, 0.5) is 11.4 Å². The summed E-state index contributed by atoms with van der Waals surface area (Å²) in [7, 11) is 1.87. The summed E-state index contributed by atoms with van der Waals surface area (Å²) in [5, 5.41) is 7.93. The van der Waals surface area contributed by atoms with Gasteiger partial charge in [0.2, 0.25) is 0 Å². The molecular weight excluding hydrogens is 392 g/mol. The van der Waals surface area contributed by atoms with Gasteiger partial charge in [-0.2, -0.15) is 5.10 Å². The molecule has 1 radical (unpaired) electrons. The predicted octanol–water partition coefficient (Wildman–Crippen LogP) is 4.67. The number of carbonyl (C=O) groups is 1. The molecule has 0 fully saturated rings. The maximum Gasteiger partial charge on any atom is 0.271 e. The van der Waals surface area contributed by atoms with E-state index in [0.717, 1.165) is 27.1 Å². The first-order valence-electron chi connectivity index (χ1n) is 7.06. The molecule has 0 aliphatic heterocycles. The number of benzene rings is 2. The number of nitrogens with one attached hydrogen (secondary N) is 2. The molecule has 7 heteroatoms. The van der Waals surface area contributed by atoms with Gasteiger partial charge in [-0.25, -0.2) is 0 Å². The Morgan fingerprint density at radius 1 is 1.25 bits per heavy atom. The molecule has 1 heterocycles. The number of aryl methyl sites for hydroxylation is 1. The molecule has 3 aromatic rings. The fourth-order valence-electron chi connectivity index (χ4n) is 2.34. The van der Waals surface area contributed by atoms with Crippen LogP contribution in [0, 0.1) is 0 Å². The van der Waals surface area contributed by atoms with Crippen LogP contribution in [0.25, 0.3) is 11.3 Å². The lowest BCUT2D eigenvalue weighted by atomic mass is 10.1. The standard InChI is InChI=1S/C17H13BrClN4O/c1-23-9-14(18)16(22-23)10-3-2-4-11(7-10)21-12-5-6-13(17(20)24)15(19)8-12/h2-9,20-21H,1H3. The van der Waals surface area contributed by atoms with Crippen LogP contribution in [-0.4, -0.2) is 15.7 Å². The molecule has 0 unspecified atom stereocenters. The van der Waals surface area contributed by atoms with E-state index in [1.54, 1.807) is 22.9 Å². The molecular formula is C17H13BrClN4O. The van der Waals surface area contributed by atoms with E-state index in [1.165, 1.54) is 0 Å². The Kier molecular flexibility index (Phi) is 4.59. The lowest BCUT2D eigenvalue weighted by molar-refractivity contribution is 0.0992. The zero-order valence-electron chi connectivity index (χ0n) is 12.7. The molecule has 0 aliphatic rings. The average Bonchev–Trinajstić information content (AvgIpc) is 2.86. The summed E-state index contributed by atoms with van der Waals surface area (Å²) in [4.78, 5) is 11.1. The first-order valence-corrected chi connectivity index (χ1v) is 8.23. The molecule has 0 spiro atoms. The highest BCUT2D eigenvalue weighted by atomic mass is 79.9. The Labute approximate surface area is 152 Å². The molecule has 3 rings (SSSR count). The van der Waals surface area contributed by atoms with E-state index in [4.69, 9.17) is 17.3 Å². The van der Waals surface area contributed by atoms with Crippen molar-refractivity contribution in [1.82, 2.24) is 15.5 Å². The largest absolute Gasteiger partial charge is 0.355 e. The molecule has 5 nitrogen and oxygen atoms in total. The van der Waals surface area contributed by atoms with Crippen LogP contribution in [0.3, 0.4) is 0 Å². The van der Waals surface area contributed by atoms with Crippen LogP contribution >= 0.6 is 27.5 Å². The number of anilines is 2. The lowest BCUT2D eigenvalue weighted by Crippen LogP contribution is -2.00. The van der Waals surface area contributed by atoms with Crippen LogP contribution in [0.5, 0.6) is 0 Å². The van der Waals surface area contributed by atoms with Gasteiger partial charge < -0.3 is 5.32 Å². The van der Waals surface area contributed by atoms with E-state index < -0.39 is 5.91 Å². The predicted molar refractivity (Wildman–Crippen MR) is 98.5 cm³/mol. The molecule has 0 saturated carbocycles. The third kappa shape index (κ3) is 3.44. The van der Waals surface area contributed by atoms with Gasteiger partial charge >= 0.3 is 0 Å². The minimum atomic E-state index is -0.798. The molecule has 24 heavy (non-hydrogen) atoms. The third-order valence-corrected chi connectivity index (χ3v) is 4.32. The Morgan fingerprint density at radius 3 is 2.62 bits per heavy atom. The summed E-state index contributed by atoms with van der Waals surface area (Å²) < 4.78 is 2.67. The second kappa shape index (κ2) is 6.67. The number of hydrogen-bond donors (Lipinski definition) is 1. The van der Waals surface area contributed by atoms with E-state index in [2.05, 4.69) is 26.3 Å². The highest BCUT2D eigenvalue weighted by Crippen LogP contribution is 2.30. The van der Waals surface area contributed by atoms with Gasteiger partial charge in [-0.3, -0.25) is 15.2 Å². The Bertz CT molecular complexity index is 923. The SMILES string of the molecule is Cn1cc(Br)c(-c2cccc(Nc3ccc(C([NH])=O)c(Cl)c3)c2)n1. The number of nitrogens with zero attached hydrogens (tertiary/aromatic N) is 2. The van der Waals surface area contributed by atoms with Crippen molar-refractivity contribution in [3.8, 4) is 11.3 Å². The van der Waals surface area contributed by atoms with Gasteiger partial charge in [-0.1, -0.05) is 23.7 Å². The first-order chi connectivity index (χ1) is 11.4. The molecule has 0 saturated heterocycles. The van der Waals surface area contributed by atoms with Crippen LogP contribution in [0.15, 0.2) is 53.1 Å². The fraction of sp³-hybridized carbons (Fsp3) is 0.0588. The van der Waals surface area contributed by atoms with E-state index in [1.807, 2.05) is 37.5 Å². The Hall–Kier alpha value is -2.31. The van der Waals surface area contributed by atoms with Crippen LogP contribution in [-0.2, 0) is 7.05 Å². The van der Waals surface area contributed by atoms with Crippen molar-refractivity contribution >= 4 is 44.8 Å². The van der Waals surface area contributed by atoms with Crippen LogP contribution in [0.1, 0.15) is 10.4 Å². The summed E-state index contributed by atoms with van der Waals surface area (Å²) in [5.74, 6) is -0.798. The summed E-state index contributed by atoms with van der Waals surface area (Å²) in [6, 6.07) is 12.7. The van der Waals surface area contributed by atoms with Gasteiger partial charge in [0.05, 0.1) is 15.1 Å². The van der Waals surface area contributed by atoms with Crippen LogP contribution in [0.2, 0.25) is 5.02 Å². The van der Waals surface area contributed by atoms with E-state index in [9.17, 15) is 4.79 Å². The smallest absolute Gasteiger partial charge is 0.271 e. The number of carbonyl (C=O) groups excluding carboxylic acids is 1. The quantitative estimate of drug-likeness (QED) is 0.687. The van der Waals surface area contributed by atoms with Crippen molar-refractivity contribution in [3.63, 3.8) is 0 Å². The van der Waals surface area contributed by atoms with Gasteiger partial charge in [0, 0.05) is 30.2 Å².